The summed E-state index contributed by atoms with van der Waals surface area (Å²) in [7, 11) is 0. The van der Waals surface area contributed by atoms with E-state index in [0.29, 0.717) is 4.77 Å². The lowest BCUT2D eigenvalue weighted by atomic mass is 10.4. The fourth-order valence-electron chi connectivity index (χ4n) is 1.87. The highest BCUT2D eigenvalue weighted by Gasteiger charge is 2.11. The van der Waals surface area contributed by atoms with Gasteiger partial charge in [0.25, 0.3) is 0 Å². The van der Waals surface area contributed by atoms with Crippen LogP contribution >= 0.6 is 12.2 Å². The third-order valence-electron chi connectivity index (χ3n) is 2.86. The fourth-order valence-corrected chi connectivity index (χ4v) is 2.14. The number of rotatable bonds is 4. The molecule has 1 aliphatic rings. The molecule has 0 aromatic carbocycles. The SMILES string of the molecule is OCc1c[nH]c(=S)n1CCN1CCOCC1. The van der Waals surface area contributed by atoms with Crippen molar-refractivity contribution in [2.45, 2.75) is 13.2 Å². The Balaban J connectivity index is 1.93. The van der Waals surface area contributed by atoms with Gasteiger partial charge < -0.3 is 19.4 Å². The third-order valence-corrected chi connectivity index (χ3v) is 3.20. The van der Waals surface area contributed by atoms with E-state index in [1.165, 1.54) is 0 Å². The zero-order valence-electron chi connectivity index (χ0n) is 9.19. The summed E-state index contributed by atoms with van der Waals surface area (Å²) in [4.78, 5) is 5.30. The molecule has 0 spiro atoms. The van der Waals surface area contributed by atoms with Gasteiger partial charge in [-0.25, -0.2) is 0 Å². The summed E-state index contributed by atoms with van der Waals surface area (Å²) in [6.07, 6.45) is 1.77. The van der Waals surface area contributed by atoms with E-state index in [2.05, 4.69) is 9.88 Å². The molecule has 6 heteroatoms. The van der Waals surface area contributed by atoms with Gasteiger partial charge in [0.15, 0.2) is 4.77 Å². The molecule has 2 rings (SSSR count). The first-order valence-corrected chi connectivity index (χ1v) is 5.90. The van der Waals surface area contributed by atoms with Gasteiger partial charge in [-0.15, -0.1) is 0 Å². The van der Waals surface area contributed by atoms with Gasteiger partial charge in [-0.2, -0.15) is 0 Å². The number of nitrogens with one attached hydrogen (secondary N) is 1. The first-order valence-electron chi connectivity index (χ1n) is 5.49. The second-order valence-corrected chi connectivity index (χ2v) is 4.24. The maximum atomic E-state index is 9.15. The fraction of sp³-hybridized carbons (Fsp3) is 0.700. The second-order valence-electron chi connectivity index (χ2n) is 3.85. The maximum Gasteiger partial charge on any atom is 0.177 e. The number of nitrogens with zero attached hydrogens (tertiary/aromatic N) is 2. The average Bonchev–Trinajstić information content (AvgIpc) is 2.69. The summed E-state index contributed by atoms with van der Waals surface area (Å²) in [6.45, 7) is 5.37. The Labute approximate surface area is 99.6 Å². The van der Waals surface area contributed by atoms with Crippen molar-refractivity contribution < 1.29 is 9.84 Å². The molecular formula is C10H17N3O2S. The van der Waals surface area contributed by atoms with Gasteiger partial charge in [0.1, 0.15) is 0 Å². The van der Waals surface area contributed by atoms with E-state index in [1.54, 1.807) is 6.20 Å². The quantitative estimate of drug-likeness (QED) is 0.750. The van der Waals surface area contributed by atoms with Crippen LogP contribution in [0.1, 0.15) is 5.69 Å². The molecule has 1 aromatic heterocycles. The highest BCUT2D eigenvalue weighted by molar-refractivity contribution is 7.71. The van der Waals surface area contributed by atoms with E-state index in [0.717, 1.165) is 45.1 Å². The lowest BCUT2D eigenvalue weighted by Crippen LogP contribution is -2.38. The van der Waals surface area contributed by atoms with Crippen LogP contribution in [0.15, 0.2) is 6.20 Å². The first-order chi connectivity index (χ1) is 7.81. The molecule has 0 amide bonds. The number of aliphatic hydroxyl groups excluding tert-OH is 1. The van der Waals surface area contributed by atoms with Crippen molar-refractivity contribution in [2.75, 3.05) is 32.8 Å². The van der Waals surface area contributed by atoms with Crippen molar-refractivity contribution in [1.29, 1.82) is 0 Å². The van der Waals surface area contributed by atoms with Crippen LogP contribution in [-0.4, -0.2) is 52.4 Å². The van der Waals surface area contributed by atoms with Crippen molar-refractivity contribution in [2.24, 2.45) is 0 Å². The summed E-state index contributed by atoms with van der Waals surface area (Å²) in [5.74, 6) is 0. The van der Waals surface area contributed by atoms with Crippen LogP contribution in [-0.2, 0) is 17.9 Å². The van der Waals surface area contributed by atoms with Crippen molar-refractivity contribution in [3.63, 3.8) is 0 Å². The minimum Gasteiger partial charge on any atom is -0.390 e. The Bertz CT molecular complexity index is 382. The molecule has 0 bridgehead atoms. The molecule has 1 aliphatic heterocycles. The van der Waals surface area contributed by atoms with Gasteiger partial charge in [0.2, 0.25) is 0 Å². The minimum absolute atomic E-state index is 0.0241. The van der Waals surface area contributed by atoms with Crippen molar-refractivity contribution in [3.05, 3.63) is 16.7 Å². The molecule has 0 radical (unpaired) electrons. The standard InChI is InChI=1S/C10H17N3O2S/c14-8-9-7-11-10(16)13(9)2-1-12-3-5-15-6-4-12/h7,14H,1-6,8H2,(H,11,16). The summed E-state index contributed by atoms with van der Waals surface area (Å²) in [5.41, 5.74) is 0.846. The maximum absolute atomic E-state index is 9.15. The zero-order valence-corrected chi connectivity index (χ0v) is 10.0. The monoisotopic (exact) mass is 243 g/mol. The number of aliphatic hydroxyl groups is 1. The predicted molar refractivity (Wildman–Crippen MR) is 62.8 cm³/mol. The van der Waals surface area contributed by atoms with Crippen molar-refractivity contribution in [3.8, 4) is 0 Å². The van der Waals surface area contributed by atoms with Gasteiger partial charge >= 0.3 is 0 Å². The highest BCUT2D eigenvalue weighted by atomic mass is 32.1. The Kier molecular flexibility index (Phi) is 4.11. The molecule has 1 aromatic rings. The molecule has 0 unspecified atom stereocenters. The van der Waals surface area contributed by atoms with Gasteiger partial charge in [0, 0.05) is 32.4 Å². The number of morpholine rings is 1. The third kappa shape index (κ3) is 2.70. The molecule has 0 atom stereocenters. The normalized spacial score (nSPS) is 17.8. The summed E-state index contributed by atoms with van der Waals surface area (Å²) < 4.78 is 7.92. The van der Waals surface area contributed by atoms with E-state index in [1.807, 2.05) is 4.57 Å². The number of hydrogen-bond acceptors (Lipinski definition) is 4. The second kappa shape index (κ2) is 5.58. The van der Waals surface area contributed by atoms with E-state index >= 15 is 0 Å². The molecule has 1 fully saturated rings. The van der Waals surface area contributed by atoms with E-state index in [4.69, 9.17) is 22.1 Å². The number of aromatic amines is 1. The molecular weight excluding hydrogens is 226 g/mol. The minimum atomic E-state index is 0.0241. The Morgan fingerprint density at radius 1 is 1.38 bits per heavy atom. The van der Waals surface area contributed by atoms with Gasteiger partial charge in [-0.1, -0.05) is 0 Å². The van der Waals surface area contributed by atoms with Crippen LogP contribution in [0, 0.1) is 4.77 Å². The van der Waals surface area contributed by atoms with E-state index in [-0.39, 0.29) is 6.61 Å². The van der Waals surface area contributed by atoms with Crippen LogP contribution in [0.3, 0.4) is 0 Å². The predicted octanol–water partition coefficient (Wildman–Crippen LogP) is 0.370. The summed E-state index contributed by atoms with van der Waals surface area (Å²) >= 11 is 5.16. The van der Waals surface area contributed by atoms with Crippen LogP contribution in [0.2, 0.25) is 0 Å². The van der Waals surface area contributed by atoms with Crippen LogP contribution in [0.4, 0.5) is 0 Å². The Hall–Kier alpha value is -0.690. The molecule has 90 valence electrons. The Morgan fingerprint density at radius 2 is 2.12 bits per heavy atom. The smallest absolute Gasteiger partial charge is 0.177 e. The van der Waals surface area contributed by atoms with Crippen LogP contribution < -0.4 is 0 Å². The molecule has 5 nitrogen and oxygen atoms in total. The lowest BCUT2D eigenvalue weighted by molar-refractivity contribution is 0.0361. The average molecular weight is 243 g/mol. The summed E-state index contributed by atoms with van der Waals surface area (Å²) in [5, 5.41) is 9.15. The van der Waals surface area contributed by atoms with Gasteiger partial charge in [-0.05, 0) is 12.2 Å². The lowest BCUT2D eigenvalue weighted by Gasteiger charge is -2.26. The first kappa shape index (κ1) is 11.8. The topological polar surface area (TPSA) is 53.4 Å². The van der Waals surface area contributed by atoms with Crippen molar-refractivity contribution >= 4 is 12.2 Å². The number of aromatic nitrogens is 2. The zero-order chi connectivity index (χ0) is 11.4. The molecule has 0 aliphatic carbocycles. The number of ether oxygens (including phenoxy) is 1. The number of hydrogen-bond donors (Lipinski definition) is 2. The van der Waals surface area contributed by atoms with E-state index in [9.17, 15) is 0 Å². The van der Waals surface area contributed by atoms with E-state index < -0.39 is 0 Å². The molecule has 2 heterocycles. The molecule has 1 saturated heterocycles. The summed E-state index contributed by atoms with van der Waals surface area (Å²) in [6, 6.07) is 0. The van der Waals surface area contributed by atoms with Crippen LogP contribution in [0.5, 0.6) is 0 Å². The van der Waals surface area contributed by atoms with Crippen LogP contribution in [0.25, 0.3) is 0 Å². The number of H-pyrrole nitrogens is 1. The van der Waals surface area contributed by atoms with Gasteiger partial charge in [-0.3, -0.25) is 4.90 Å². The Morgan fingerprint density at radius 3 is 2.81 bits per heavy atom. The van der Waals surface area contributed by atoms with Crippen molar-refractivity contribution in [1.82, 2.24) is 14.5 Å². The largest absolute Gasteiger partial charge is 0.390 e. The highest BCUT2D eigenvalue weighted by Crippen LogP contribution is 2.03. The van der Waals surface area contributed by atoms with Gasteiger partial charge in [0.05, 0.1) is 25.5 Å². The molecule has 0 saturated carbocycles. The number of imidazole rings is 1. The molecule has 2 N–H and O–H groups in total. The molecule has 16 heavy (non-hydrogen) atoms.